The third-order valence-corrected chi connectivity index (χ3v) is 2.36. The summed E-state index contributed by atoms with van der Waals surface area (Å²) >= 11 is 3.33. The molecule has 0 saturated carbocycles. The summed E-state index contributed by atoms with van der Waals surface area (Å²) in [5, 5.41) is 12.8. The first kappa shape index (κ1) is 14.2. The Morgan fingerprint density at radius 2 is 2.00 bits per heavy atom. The Kier molecular flexibility index (Phi) is 5.59. The highest BCUT2D eigenvalue weighted by Gasteiger charge is 2.16. The highest BCUT2D eigenvalue weighted by atomic mass is 79.9. The molecule has 0 radical (unpaired) electrons. The minimum Gasteiger partial charge on any atom is -0.266 e. The Labute approximate surface area is 100 Å². The summed E-state index contributed by atoms with van der Waals surface area (Å²) < 4.78 is 2.63. The first-order chi connectivity index (χ1) is 6.95. The number of rotatable bonds is 1. The molecule has 3 nitrogen and oxygen atoms in total. The minimum atomic E-state index is -0.0315. The van der Waals surface area contributed by atoms with Gasteiger partial charge in [-0.2, -0.15) is 10.4 Å². The first-order valence-corrected chi connectivity index (χ1v) is 5.86. The molecule has 0 fully saturated rings. The Morgan fingerprint density at radius 1 is 1.47 bits per heavy atom. The number of nitrogens with zero attached hydrogens (tertiary/aromatic N) is 3. The number of hydrogen-bond acceptors (Lipinski definition) is 2. The zero-order chi connectivity index (χ0) is 12.1. The molecule has 1 aromatic heterocycles. The van der Waals surface area contributed by atoms with E-state index in [1.165, 1.54) is 0 Å². The van der Waals surface area contributed by atoms with Gasteiger partial charge < -0.3 is 0 Å². The van der Waals surface area contributed by atoms with Crippen LogP contribution in [0.5, 0.6) is 0 Å². The van der Waals surface area contributed by atoms with Crippen LogP contribution in [0.25, 0.3) is 0 Å². The number of hydrogen-bond donors (Lipinski definition) is 0. The summed E-state index contributed by atoms with van der Waals surface area (Å²) in [5.74, 6) is 0. The van der Waals surface area contributed by atoms with E-state index in [2.05, 4.69) is 47.9 Å². The van der Waals surface area contributed by atoms with E-state index in [1.807, 2.05) is 24.7 Å². The van der Waals surface area contributed by atoms with Crippen molar-refractivity contribution in [1.82, 2.24) is 9.78 Å². The molecule has 0 amide bonds. The molecule has 0 N–H and O–H groups in total. The van der Waals surface area contributed by atoms with Gasteiger partial charge in [-0.15, -0.1) is 0 Å². The molecule has 1 aromatic rings. The van der Waals surface area contributed by atoms with E-state index in [9.17, 15) is 0 Å². The van der Waals surface area contributed by atoms with Crippen molar-refractivity contribution in [2.45, 2.75) is 46.6 Å². The fourth-order valence-electron chi connectivity index (χ4n) is 0.936. The van der Waals surface area contributed by atoms with Crippen LogP contribution in [0.2, 0.25) is 0 Å². The van der Waals surface area contributed by atoms with Crippen molar-refractivity contribution in [3.8, 4) is 6.07 Å². The Balaban J connectivity index is 0.000000921. The molecule has 1 rings (SSSR count). The Bertz CT molecular complexity index is 342. The fraction of sp³-hybridized carbons (Fsp3) is 0.636. The highest BCUT2D eigenvalue weighted by molar-refractivity contribution is 9.10. The summed E-state index contributed by atoms with van der Waals surface area (Å²) in [6, 6.07) is 2.11. The molecule has 0 spiro atoms. The fourth-order valence-corrected chi connectivity index (χ4v) is 1.35. The van der Waals surface area contributed by atoms with E-state index in [1.54, 1.807) is 0 Å². The van der Waals surface area contributed by atoms with Crippen LogP contribution in [0.4, 0.5) is 0 Å². The molecule has 0 aromatic carbocycles. The molecule has 0 aliphatic heterocycles. The predicted molar refractivity (Wildman–Crippen MR) is 65.6 cm³/mol. The Hall–Kier alpha value is -0.820. The van der Waals surface area contributed by atoms with Crippen LogP contribution >= 0.6 is 15.9 Å². The van der Waals surface area contributed by atoms with Crippen LogP contribution in [0.1, 0.15) is 40.2 Å². The van der Waals surface area contributed by atoms with Gasteiger partial charge in [-0.25, -0.2) is 0 Å². The SMILES string of the molecule is CC.CC(C)(C)n1cc(CC#N)c(Br)n1. The van der Waals surface area contributed by atoms with Gasteiger partial charge in [-0.05, 0) is 36.7 Å². The second-order valence-electron chi connectivity index (χ2n) is 3.90. The van der Waals surface area contributed by atoms with Crippen molar-refractivity contribution < 1.29 is 0 Å². The molecule has 4 heteroatoms. The lowest BCUT2D eigenvalue weighted by molar-refractivity contribution is 0.354. The lowest BCUT2D eigenvalue weighted by Gasteiger charge is -2.18. The molecular formula is C11H18BrN3. The maximum Gasteiger partial charge on any atom is 0.132 e. The molecule has 0 atom stereocenters. The quantitative estimate of drug-likeness (QED) is 0.785. The maximum absolute atomic E-state index is 8.55. The molecule has 0 aliphatic rings. The van der Waals surface area contributed by atoms with Gasteiger partial charge >= 0.3 is 0 Å². The second-order valence-corrected chi connectivity index (χ2v) is 4.65. The van der Waals surface area contributed by atoms with Crippen molar-refractivity contribution in [2.75, 3.05) is 0 Å². The van der Waals surface area contributed by atoms with Crippen molar-refractivity contribution >= 4 is 15.9 Å². The molecule has 1 heterocycles. The summed E-state index contributed by atoms with van der Waals surface area (Å²) in [6.45, 7) is 10.2. The van der Waals surface area contributed by atoms with Gasteiger partial charge in [0.05, 0.1) is 18.0 Å². The van der Waals surface area contributed by atoms with Crippen molar-refractivity contribution in [3.05, 3.63) is 16.4 Å². The van der Waals surface area contributed by atoms with E-state index in [0.717, 1.165) is 10.2 Å². The molecule has 0 aliphatic carbocycles. The average molecular weight is 272 g/mol. The maximum atomic E-state index is 8.55. The summed E-state index contributed by atoms with van der Waals surface area (Å²) in [7, 11) is 0. The van der Waals surface area contributed by atoms with Crippen molar-refractivity contribution in [1.29, 1.82) is 5.26 Å². The summed E-state index contributed by atoms with van der Waals surface area (Å²) in [5.41, 5.74) is 0.911. The van der Waals surface area contributed by atoms with Crippen LogP contribution < -0.4 is 0 Å². The van der Waals surface area contributed by atoms with Crippen molar-refractivity contribution in [3.63, 3.8) is 0 Å². The third kappa shape index (κ3) is 4.05. The summed E-state index contributed by atoms with van der Waals surface area (Å²) in [4.78, 5) is 0. The minimum absolute atomic E-state index is 0.0315. The van der Waals surface area contributed by atoms with Gasteiger partial charge in [-0.1, -0.05) is 13.8 Å². The molecule has 0 bridgehead atoms. The van der Waals surface area contributed by atoms with E-state index >= 15 is 0 Å². The van der Waals surface area contributed by atoms with Crippen LogP contribution in [-0.2, 0) is 12.0 Å². The monoisotopic (exact) mass is 271 g/mol. The van der Waals surface area contributed by atoms with Gasteiger partial charge in [0.25, 0.3) is 0 Å². The number of aromatic nitrogens is 2. The van der Waals surface area contributed by atoms with Gasteiger partial charge in [0.15, 0.2) is 0 Å². The lowest BCUT2D eigenvalue weighted by atomic mass is 10.1. The second kappa shape index (κ2) is 5.92. The van der Waals surface area contributed by atoms with Crippen LogP contribution in [0.3, 0.4) is 0 Å². The van der Waals surface area contributed by atoms with E-state index in [0.29, 0.717) is 6.42 Å². The molecule has 15 heavy (non-hydrogen) atoms. The Morgan fingerprint density at radius 3 is 2.33 bits per heavy atom. The van der Waals surface area contributed by atoms with Gasteiger partial charge in [0.2, 0.25) is 0 Å². The number of halogens is 1. The van der Waals surface area contributed by atoms with Crippen molar-refractivity contribution in [2.24, 2.45) is 0 Å². The zero-order valence-corrected chi connectivity index (χ0v) is 11.6. The molecular weight excluding hydrogens is 254 g/mol. The largest absolute Gasteiger partial charge is 0.266 e. The van der Waals surface area contributed by atoms with E-state index in [-0.39, 0.29) is 5.54 Å². The lowest BCUT2D eigenvalue weighted by Crippen LogP contribution is -2.22. The van der Waals surface area contributed by atoms with Crippen LogP contribution in [-0.4, -0.2) is 9.78 Å². The highest BCUT2D eigenvalue weighted by Crippen LogP contribution is 2.20. The third-order valence-electron chi connectivity index (χ3n) is 1.70. The average Bonchev–Trinajstić information content (AvgIpc) is 2.52. The predicted octanol–water partition coefficient (Wildman–Crippen LogP) is 3.49. The van der Waals surface area contributed by atoms with Gasteiger partial charge in [0, 0.05) is 11.8 Å². The molecule has 0 saturated heterocycles. The normalized spacial score (nSPS) is 10.2. The van der Waals surface area contributed by atoms with Crippen LogP contribution in [0, 0.1) is 11.3 Å². The zero-order valence-electron chi connectivity index (χ0n) is 10.0. The smallest absolute Gasteiger partial charge is 0.132 e. The van der Waals surface area contributed by atoms with Crippen LogP contribution in [0.15, 0.2) is 10.8 Å². The topological polar surface area (TPSA) is 41.6 Å². The molecule has 84 valence electrons. The van der Waals surface area contributed by atoms with E-state index < -0.39 is 0 Å². The first-order valence-electron chi connectivity index (χ1n) is 5.06. The number of nitriles is 1. The van der Waals surface area contributed by atoms with Gasteiger partial charge in [-0.3, -0.25) is 4.68 Å². The molecule has 0 unspecified atom stereocenters. The van der Waals surface area contributed by atoms with Gasteiger partial charge in [0.1, 0.15) is 4.60 Å². The van der Waals surface area contributed by atoms with E-state index in [4.69, 9.17) is 5.26 Å². The summed E-state index contributed by atoms with van der Waals surface area (Å²) in [6.07, 6.45) is 2.31. The standard InChI is InChI=1S/C9H12BrN3.C2H6/c1-9(2,3)13-6-7(4-5-11)8(10)12-13;1-2/h6H,4H2,1-3H3;1-2H3.